The summed E-state index contributed by atoms with van der Waals surface area (Å²) in [5, 5.41) is 10.6. The van der Waals surface area contributed by atoms with Crippen LogP contribution in [0.25, 0.3) is 10.9 Å². The SMILES string of the molecule is CN1CC[C@@H](Nc2cccc3c2cc(C#CCNC(=O)c2cnn(C(C)(C)C)c2)n3CC(F)(F)F)[C@@H](F)C1. The summed E-state index contributed by atoms with van der Waals surface area (Å²) >= 11 is 0. The molecular weight excluding hydrogens is 500 g/mol. The molecule has 1 amide bonds. The average molecular weight is 533 g/mol. The number of rotatable bonds is 5. The molecule has 38 heavy (non-hydrogen) atoms. The van der Waals surface area contributed by atoms with Crippen molar-refractivity contribution in [1.82, 2.24) is 24.6 Å². The fourth-order valence-electron chi connectivity index (χ4n) is 4.45. The number of fused-ring (bicyclic) bond motifs is 1. The van der Waals surface area contributed by atoms with Crippen LogP contribution in [0, 0.1) is 11.8 Å². The van der Waals surface area contributed by atoms with E-state index in [0.29, 0.717) is 35.1 Å². The van der Waals surface area contributed by atoms with Crippen LogP contribution in [0.15, 0.2) is 36.7 Å². The molecule has 1 aliphatic rings. The first kappa shape index (κ1) is 27.5. The van der Waals surface area contributed by atoms with E-state index >= 15 is 0 Å². The Hall–Kier alpha value is -3.52. The number of benzene rings is 1. The van der Waals surface area contributed by atoms with Crippen molar-refractivity contribution in [3.63, 3.8) is 0 Å². The topological polar surface area (TPSA) is 67.1 Å². The highest BCUT2D eigenvalue weighted by atomic mass is 19.4. The highest BCUT2D eigenvalue weighted by molar-refractivity contribution is 5.94. The smallest absolute Gasteiger partial charge is 0.379 e. The molecule has 3 aromatic rings. The Morgan fingerprint density at radius 3 is 2.66 bits per heavy atom. The maximum atomic E-state index is 14.6. The zero-order valence-electron chi connectivity index (χ0n) is 21.9. The van der Waals surface area contributed by atoms with Crippen LogP contribution in [0.5, 0.6) is 0 Å². The number of likely N-dealkylation sites (tertiary alicyclic amines) is 1. The molecule has 1 aliphatic heterocycles. The van der Waals surface area contributed by atoms with E-state index in [4.69, 9.17) is 0 Å². The number of hydrogen-bond acceptors (Lipinski definition) is 4. The lowest BCUT2D eigenvalue weighted by atomic mass is 10.0. The maximum Gasteiger partial charge on any atom is 0.406 e. The number of carbonyl (C=O) groups is 1. The summed E-state index contributed by atoms with van der Waals surface area (Å²) in [5.41, 5.74) is 1.15. The number of nitrogens with one attached hydrogen (secondary N) is 2. The monoisotopic (exact) mass is 532 g/mol. The van der Waals surface area contributed by atoms with Gasteiger partial charge in [-0.3, -0.25) is 9.48 Å². The molecule has 204 valence electrons. The summed E-state index contributed by atoms with van der Waals surface area (Å²) in [6.07, 6.45) is -1.90. The molecule has 2 N–H and O–H groups in total. The summed E-state index contributed by atoms with van der Waals surface area (Å²) in [7, 11) is 1.85. The Balaban J connectivity index is 1.55. The largest absolute Gasteiger partial charge is 0.406 e. The third-order valence-electron chi connectivity index (χ3n) is 6.45. The molecular formula is C27H32F4N6O. The number of carbonyl (C=O) groups excluding carboxylic acids is 1. The number of piperidine rings is 1. The van der Waals surface area contributed by atoms with E-state index in [1.165, 1.54) is 6.20 Å². The molecule has 1 fully saturated rings. The molecule has 1 aromatic carbocycles. The number of hydrogen-bond donors (Lipinski definition) is 2. The molecule has 0 unspecified atom stereocenters. The predicted octanol–water partition coefficient (Wildman–Crippen LogP) is 4.39. The van der Waals surface area contributed by atoms with E-state index < -0.39 is 24.9 Å². The minimum Gasteiger partial charge on any atom is -0.379 e. The van der Waals surface area contributed by atoms with E-state index in [-0.39, 0.29) is 23.7 Å². The Kier molecular flexibility index (Phi) is 7.74. The van der Waals surface area contributed by atoms with Crippen molar-refractivity contribution in [3.05, 3.63) is 47.9 Å². The number of halogens is 4. The molecule has 4 rings (SSSR count). The van der Waals surface area contributed by atoms with Gasteiger partial charge in [-0.1, -0.05) is 12.0 Å². The Morgan fingerprint density at radius 1 is 1.24 bits per heavy atom. The molecule has 0 spiro atoms. The van der Waals surface area contributed by atoms with Gasteiger partial charge in [0, 0.05) is 30.4 Å². The van der Waals surface area contributed by atoms with Gasteiger partial charge in [0.1, 0.15) is 12.7 Å². The van der Waals surface area contributed by atoms with E-state index in [9.17, 15) is 22.4 Å². The summed E-state index contributed by atoms with van der Waals surface area (Å²) in [6, 6.07) is 6.12. The lowest BCUT2D eigenvalue weighted by Gasteiger charge is -2.33. The predicted molar refractivity (Wildman–Crippen MR) is 139 cm³/mol. The van der Waals surface area contributed by atoms with Crippen LogP contribution in [0.4, 0.5) is 23.2 Å². The fourth-order valence-corrected chi connectivity index (χ4v) is 4.45. The molecule has 0 bridgehead atoms. The van der Waals surface area contributed by atoms with Gasteiger partial charge in [0.05, 0.1) is 41.1 Å². The van der Waals surface area contributed by atoms with Crippen LogP contribution in [0.3, 0.4) is 0 Å². The van der Waals surface area contributed by atoms with E-state index in [1.54, 1.807) is 35.1 Å². The second-order valence-electron chi connectivity index (χ2n) is 10.6. The molecule has 1 saturated heterocycles. The van der Waals surface area contributed by atoms with E-state index in [2.05, 4.69) is 27.6 Å². The highest BCUT2D eigenvalue weighted by Gasteiger charge is 2.31. The minimum absolute atomic E-state index is 0.0582. The lowest BCUT2D eigenvalue weighted by molar-refractivity contribution is -0.140. The van der Waals surface area contributed by atoms with Gasteiger partial charge in [-0.2, -0.15) is 18.3 Å². The Morgan fingerprint density at radius 2 is 2.00 bits per heavy atom. The first-order valence-electron chi connectivity index (χ1n) is 12.4. The zero-order chi connectivity index (χ0) is 27.7. The molecule has 2 aromatic heterocycles. The normalized spacial score (nSPS) is 18.7. The van der Waals surface area contributed by atoms with Crippen LogP contribution in [0.1, 0.15) is 43.2 Å². The summed E-state index contributed by atoms with van der Waals surface area (Å²) < 4.78 is 57.8. The summed E-state index contributed by atoms with van der Waals surface area (Å²) in [6.45, 7) is 5.61. The van der Waals surface area contributed by atoms with Crippen LogP contribution in [0.2, 0.25) is 0 Å². The zero-order valence-corrected chi connectivity index (χ0v) is 21.9. The molecule has 0 aliphatic carbocycles. The molecule has 0 radical (unpaired) electrons. The van der Waals surface area contributed by atoms with Gasteiger partial charge in [-0.05, 0) is 58.4 Å². The van der Waals surface area contributed by atoms with Crippen LogP contribution in [-0.2, 0) is 12.1 Å². The second kappa shape index (κ2) is 10.7. The van der Waals surface area contributed by atoms with Crippen LogP contribution in [-0.4, -0.2) is 70.2 Å². The third-order valence-corrected chi connectivity index (χ3v) is 6.45. The Labute approximate surface area is 219 Å². The van der Waals surface area contributed by atoms with Crippen LogP contribution >= 0.6 is 0 Å². The summed E-state index contributed by atoms with van der Waals surface area (Å²) in [5.74, 6) is 5.15. The fraction of sp³-hybridized carbons (Fsp3) is 0.481. The third kappa shape index (κ3) is 6.48. The van der Waals surface area contributed by atoms with E-state index in [1.807, 2.05) is 32.7 Å². The number of alkyl halides is 4. The molecule has 2 atom stereocenters. The maximum absolute atomic E-state index is 14.6. The van der Waals surface area contributed by atoms with Crippen LogP contribution < -0.4 is 10.6 Å². The van der Waals surface area contributed by atoms with Crippen molar-refractivity contribution in [2.45, 2.75) is 57.7 Å². The minimum atomic E-state index is -4.47. The number of nitrogens with zero attached hydrogens (tertiary/aromatic N) is 4. The first-order chi connectivity index (χ1) is 17.8. The van der Waals surface area contributed by atoms with Gasteiger partial charge in [-0.15, -0.1) is 0 Å². The summed E-state index contributed by atoms with van der Waals surface area (Å²) in [4.78, 5) is 14.4. The van der Waals surface area contributed by atoms with Crippen molar-refractivity contribution in [1.29, 1.82) is 0 Å². The van der Waals surface area contributed by atoms with Crippen molar-refractivity contribution < 1.29 is 22.4 Å². The molecule has 3 heterocycles. The quantitative estimate of drug-likeness (QED) is 0.378. The van der Waals surface area contributed by atoms with Gasteiger partial charge in [0.15, 0.2) is 0 Å². The van der Waals surface area contributed by atoms with Gasteiger partial charge < -0.3 is 20.1 Å². The lowest BCUT2D eigenvalue weighted by Crippen LogP contribution is -2.46. The molecule has 11 heteroatoms. The van der Waals surface area contributed by atoms with Crippen molar-refractivity contribution >= 4 is 22.5 Å². The van der Waals surface area contributed by atoms with Crippen molar-refractivity contribution in [2.24, 2.45) is 0 Å². The van der Waals surface area contributed by atoms with E-state index in [0.717, 1.165) is 11.1 Å². The number of amides is 1. The van der Waals surface area contributed by atoms with Crippen molar-refractivity contribution in [2.75, 3.05) is 32.0 Å². The van der Waals surface area contributed by atoms with Gasteiger partial charge in [0.25, 0.3) is 5.91 Å². The van der Waals surface area contributed by atoms with Gasteiger partial charge in [0.2, 0.25) is 0 Å². The number of aromatic nitrogens is 3. The highest BCUT2D eigenvalue weighted by Crippen LogP contribution is 2.31. The molecule has 7 nitrogen and oxygen atoms in total. The van der Waals surface area contributed by atoms with Crippen molar-refractivity contribution in [3.8, 4) is 11.8 Å². The Bertz CT molecular complexity index is 1360. The molecule has 0 saturated carbocycles. The standard InChI is InChI=1S/C27H32F4N6O/c1-26(2,3)37-15-18(14-33-37)25(38)32-11-6-7-19-13-20-22(34-23-10-12-35(4)16-21(23)28)8-5-9-24(20)36(19)17-27(29,30)31/h5,8-9,13-15,21,23,34H,10-12,16-17H2,1-4H3,(H,32,38)/t21-,23+/m0/s1. The first-order valence-corrected chi connectivity index (χ1v) is 12.4. The average Bonchev–Trinajstić information content (AvgIpc) is 3.44. The second-order valence-corrected chi connectivity index (χ2v) is 10.6. The van der Waals surface area contributed by atoms with Gasteiger partial charge in [-0.25, -0.2) is 4.39 Å². The number of anilines is 1. The van der Waals surface area contributed by atoms with Gasteiger partial charge >= 0.3 is 6.18 Å².